The van der Waals surface area contributed by atoms with Crippen LogP contribution in [0.25, 0.3) is 0 Å². The maximum atomic E-state index is 12.4. The van der Waals surface area contributed by atoms with Gasteiger partial charge in [-0.05, 0) is 50.8 Å². The van der Waals surface area contributed by atoms with Crippen LogP contribution in [0, 0.1) is 5.92 Å². The third-order valence-electron chi connectivity index (χ3n) is 5.01. The Morgan fingerprint density at radius 1 is 1.36 bits per heavy atom. The third kappa shape index (κ3) is 3.50. The summed E-state index contributed by atoms with van der Waals surface area (Å²) in [5.41, 5.74) is 6.35. The molecule has 6 nitrogen and oxygen atoms in total. The predicted molar refractivity (Wildman–Crippen MR) is 85.6 cm³/mol. The second kappa shape index (κ2) is 7.24. The van der Waals surface area contributed by atoms with E-state index in [1.54, 1.807) is 0 Å². The van der Waals surface area contributed by atoms with Crippen LogP contribution in [0.1, 0.15) is 55.1 Å². The molecule has 2 aliphatic rings. The molecule has 1 aromatic rings. The standard InChI is InChI=1S/C16H27N5O/c17-10-12-4-1-2-6-14(12)19-16(22)15-7-9-21(20-15)13-5-3-8-18-11-13/h7,9,12-14,18H,1-6,8,10-11,17H2,(H,19,22). The topological polar surface area (TPSA) is 85.0 Å². The SMILES string of the molecule is NCC1CCCCC1NC(=O)c1ccn(C2CCCNC2)n1. The number of nitrogens with zero attached hydrogens (tertiary/aromatic N) is 2. The van der Waals surface area contributed by atoms with Crippen molar-refractivity contribution in [1.82, 2.24) is 20.4 Å². The van der Waals surface area contributed by atoms with E-state index in [9.17, 15) is 4.79 Å². The fraction of sp³-hybridized carbons (Fsp3) is 0.750. The van der Waals surface area contributed by atoms with Crippen molar-refractivity contribution in [3.8, 4) is 0 Å². The summed E-state index contributed by atoms with van der Waals surface area (Å²) in [5, 5.41) is 11.0. The quantitative estimate of drug-likeness (QED) is 0.776. The van der Waals surface area contributed by atoms with Gasteiger partial charge in [-0.15, -0.1) is 0 Å². The number of carbonyl (C=O) groups excluding carboxylic acids is 1. The molecule has 0 radical (unpaired) electrons. The van der Waals surface area contributed by atoms with Crippen molar-refractivity contribution >= 4 is 5.91 Å². The van der Waals surface area contributed by atoms with Crippen molar-refractivity contribution < 1.29 is 4.79 Å². The summed E-state index contributed by atoms with van der Waals surface area (Å²) in [6.07, 6.45) is 8.74. The molecule has 3 unspecified atom stereocenters. The second-order valence-corrected chi connectivity index (χ2v) is 6.54. The van der Waals surface area contributed by atoms with Crippen LogP contribution < -0.4 is 16.4 Å². The monoisotopic (exact) mass is 305 g/mol. The van der Waals surface area contributed by atoms with Gasteiger partial charge in [-0.3, -0.25) is 9.48 Å². The first kappa shape index (κ1) is 15.5. The van der Waals surface area contributed by atoms with Crippen LogP contribution in [0.3, 0.4) is 0 Å². The fourth-order valence-electron chi connectivity index (χ4n) is 3.64. The van der Waals surface area contributed by atoms with Gasteiger partial charge in [-0.2, -0.15) is 5.10 Å². The number of rotatable bonds is 4. The zero-order valence-corrected chi connectivity index (χ0v) is 13.1. The largest absolute Gasteiger partial charge is 0.348 e. The van der Waals surface area contributed by atoms with Gasteiger partial charge in [0.15, 0.2) is 0 Å². The van der Waals surface area contributed by atoms with Crippen LogP contribution in [0.5, 0.6) is 0 Å². The number of hydrogen-bond acceptors (Lipinski definition) is 4. The first-order valence-electron chi connectivity index (χ1n) is 8.54. The summed E-state index contributed by atoms with van der Waals surface area (Å²) in [6.45, 7) is 2.65. The molecular formula is C16H27N5O. The maximum absolute atomic E-state index is 12.4. The van der Waals surface area contributed by atoms with Gasteiger partial charge in [0.1, 0.15) is 5.69 Å². The molecule has 6 heteroatoms. The molecule has 122 valence electrons. The highest BCUT2D eigenvalue weighted by molar-refractivity contribution is 5.92. The highest BCUT2D eigenvalue weighted by atomic mass is 16.2. The van der Waals surface area contributed by atoms with E-state index < -0.39 is 0 Å². The first-order valence-corrected chi connectivity index (χ1v) is 8.54. The lowest BCUT2D eigenvalue weighted by atomic mass is 9.84. The van der Waals surface area contributed by atoms with Crippen LogP contribution >= 0.6 is 0 Å². The fourth-order valence-corrected chi connectivity index (χ4v) is 3.64. The lowest BCUT2D eigenvalue weighted by Gasteiger charge is -2.31. The zero-order chi connectivity index (χ0) is 15.4. The lowest BCUT2D eigenvalue weighted by Crippen LogP contribution is -2.44. The van der Waals surface area contributed by atoms with Crippen molar-refractivity contribution in [1.29, 1.82) is 0 Å². The van der Waals surface area contributed by atoms with Gasteiger partial charge in [0, 0.05) is 18.8 Å². The van der Waals surface area contributed by atoms with Gasteiger partial charge >= 0.3 is 0 Å². The Balaban J connectivity index is 1.61. The van der Waals surface area contributed by atoms with Crippen molar-refractivity contribution in [3.05, 3.63) is 18.0 Å². The van der Waals surface area contributed by atoms with Gasteiger partial charge < -0.3 is 16.4 Å². The molecule has 1 saturated heterocycles. The highest BCUT2D eigenvalue weighted by Crippen LogP contribution is 2.24. The summed E-state index contributed by atoms with van der Waals surface area (Å²) >= 11 is 0. The number of aromatic nitrogens is 2. The molecular weight excluding hydrogens is 278 g/mol. The van der Waals surface area contributed by atoms with E-state index in [0.29, 0.717) is 24.2 Å². The van der Waals surface area contributed by atoms with Gasteiger partial charge in [-0.25, -0.2) is 0 Å². The van der Waals surface area contributed by atoms with E-state index >= 15 is 0 Å². The lowest BCUT2D eigenvalue weighted by molar-refractivity contribution is 0.0901. The van der Waals surface area contributed by atoms with E-state index in [4.69, 9.17) is 5.73 Å². The summed E-state index contributed by atoms with van der Waals surface area (Å²) < 4.78 is 1.93. The number of hydrogen-bond donors (Lipinski definition) is 3. The average molecular weight is 305 g/mol. The number of nitrogens with two attached hydrogens (primary N) is 1. The van der Waals surface area contributed by atoms with Crippen LogP contribution in [-0.2, 0) is 0 Å². The summed E-state index contributed by atoms with van der Waals surface area (Å²) in [7, 11) is 0. The molecule has 1 amide bonds. The molecule has 1 aromatic heterocycles. The minimum Gasteiger partial charge on any atom is -0.348 e. The first-order chi connectivity index (χ1) is 10.8. The van der Waals surface area contributed by atoms with Gasteiger partial charge in [0.05, 0.1) is 6.04 Å². The van der Waals surface area contributed by atoms with E-state index in [1.807, 2.05) is 16.9 Å². The second-order valence-electron chi connectivity index (χ2n) is 6.54. The summed E-state index contributed by atoms with van der Waals surface area (Å²) in [4.78, 5) is 12.4. The minimum atomic E-state index is -0.0622. The van der Waals surface area contributed by atoms with E-state index in [1.165, 1.54) is 12.8 Å². The molecule has 3 atom stereocenters. The third-order valence-corrected chi connectivity index (χ3v) is 5.01. The Hall–Kier alpha value is -1.40. The van der Waals surface area contributed by atoms with E-state index in [-0.39, 0.29) is 11.9 Å². The Labute approximate surface area is 131 Å². The van der Waals surface area contributed by atoms with Gasteiger partial charge in [-0.1, -0.05) is 12.8 Å². The molecule has 4 N–H and O–H groups in total. The van der Waals surface area contributed by atoms with Crippen LogP contribution in [0.15, 0.2) is 12.3 Å². The molecule has 3 rings (SSSR count). The Bertz CT molecular complexity index is 494. The Morgan fingerprint density at radius 3 is 3.00 bits per heavy atom. The molecule has 1 saturated carbocycles. The smallest absolute Gasteiger partial charge is 0.272 e. The van der Waals surface area contributed by atoms with E-state index in [0.717, 1.165) is 38.8 Å². The Kier molecular flexibility index (Phi) is 5.10. The van der Waals surface area contributed by atoms with E-state index in [2.05, 4.69) is 15.7 Å². The van der Waals surface area contributed by atoms with Crippen LogP contribution in [0.4, 0.5) is 0 Å². The van der Waals surface area contributed by atoms with Crippen molar-refractivity contribution in [2.24, 2.45) is 11.7 Å². The van der Waals surface area contributed by atoms with Crippen LogP contribution in [0.2, 0.25) is 0 Å². The summed E-state index contributed by atoms with van der Waals surface area (Å²) in [6, 6.07) is 2.39. The zero-order valence-electron chi connectivity index (χ0n) is 13.1. The molecule has 0 spiro atoms. The highest BCUT2D eigenvalue weighted by Gasteiger charge is 2.26. The molecule has 1 aliphatic carbocycles. The van der Waals surface area contributed by atoms with Crippen molar-refractivity contribution in [2.45, 2.75) is 50.6 Å². The molecule has 2 heterocycles. The molecule has 0 aromatic carbocycles. The maximum Gasteiger partial charge on any atom is 0.272 e. The Morgan fingerprint density at radius 2 is 2.23 bits per heavy atom. The average Bonchev–Trinajstić information content (AvgIpc) is 3.06. The normalized spacial score (nSPS) is 29.2. The molecule has 1 aliphatic heterocycles. The minimum absolute atomic E-state index is 0.0622. The van der Waals surface area contributed by atoms with Gasteiger partial charge in [0.25, 0.3) is 5.91 Å². The summed E-state index contributed by atoms with van der Waals surface area (Å²) in [5.74, 6) is 0.343. The van der Waals surface area contributed by atoms with Crippen molar-refractivity contribution in [3.63, 3.8) is 0 Å². The molecule has 2 fully saturated rings. The molecule has 22 heavy (non-hydrogen) atoms. The van der Waals surface area contributed by atoms with Gasteiger partial charge in [0.2, 0.25) is 0 Å². The number of amides is 1. The number of piperidine rings is 1. The number of nitrogens with one attached hydrogen (secondary N) is 2. The van der Waals surface area contributed by atoms with Crippen LogP contribution in [-0.4, -0.2) is 41.4 Å². The van der Waals surface area contributed by atoms with Crippen molar-refractivity contribution in [2.75, 3.05) is 19.6 Å². The molecule has 0 bridgehead atoms. The predicted octanol–water partition coefficient (Wildman–Crippen LogP) is 1.05. The number of carbonyl (C=O) groups is 1.